The summed E-state index contributed by atoms with van der Waals surface area (Å²) < 4.78 is 0. The Kier molecular flexibility index (Phi) is 2.79. The molecule has 2 fully saturated rings. The molecule has 0 aromatic heterocycles. The summed E-state index contributed by atoms with van der Waals surface area (Å²) in [7, 11) is 0. The van der Waals surface area contributed by atoms with Gasteiger partial charge in [-0.15, -0.1) is 0 Å². The van der Waals surface area contributed by atoms with Crippen LogP contribution in [0.5, 0.6) is 0 Å². The second kappa shape index (κ2) is 3.94. The van der Waals surface area contributed by atoms with Crippen LogP contribution >= 0.6 is 0 Å². The van der Waals surface area contributed by atoms with Gasteiger partial charge in [0.05, 0.1) is 11.5 Å². The summed E-state index contributed by atoms with van der Waals surface area (Å²) in [5, 5.41) is 9.05. The number of ketones is 1. The van der Waals surface area contributed by atoms with E-state index in [0.717, 1.165) is 38.8 Å². The predicted octanol–water partition coefficient (Wildman–Crippen LogP) is 1.73. The van der Waals surface area contributed by atoms with E-state index in [1.54, 1.807) is 0 Å². The number of carbonyl (C=O) groups excluding carboxylic acids is 1. The van der Waals surface area contributed by atoms with Gasteiger partial charge >= 0.3 is 0 Å². The van der Waals surface area contributed by atoms with E-state index in [1.807, 2.05) is 6.92 Å². The van der Waals surface area contributed by atoms with E-state index < -0.39 is 0 Å². The molecule has 0 bridgehead atoms. The molecule has 3 heteroatoms. The van der Waals surface area contributed by atoms with E-state index in [4.69, 9.17) is 5.26 Å². The second-order valence-corrected chi connectivity index (χ2v) is 5.18. The van der Waals surface area contributed by atoms with Crippen molar-refractivity contribution in [1.29, 1.82) is 5.26 Å². The van der Waals surface area contributed by atoms with Crippen molar-refractivity contribution in [3.05, 3.63) is 0 Å². The highest BCUT2D eigenvalue weighted by Crippen LogP contribution is 2.33. The van der Waals surface area contributed by atoms with Crippen LogP contribution in [-0.4, -0.2) is 29.8 Å². The van der Waals surface area contributed by atoms with Crippen LogP contribution in [0.25, 0.3) is 0 Å². The zero-order valence-corrected chi connectivity index (χ0v) is 9.33. The molecule has 1 saturated heterocycles. The molecule has 2 unspecified atom stereocenters. The number of rotatable bonds is 1. The predicted molar refractivity (Wildman–Crippen MR) is 57.2 cm³/mol. The van der Waals surface area contributed by atoms with Gasteiger partial charge in [-0.05, 0) is 26.2 Å². The Bertz CT molecular complexity index is 307. The molecule has 0 aromatic carbocycles. The van der Waals surface area contributed by atoms with Gasteiger partial charge in [0.1, 0.15) is 5.78 Å². The third kappa shape index (κ3) is 2.21. The number of Topliss-reactive ketones (excluding diaryl/α,β-unsaturated/α-hetero) is 1. The van der Waals surface area contributed by atoms with Crippen molar-refractivity contribution in [2.24, 2.45) is 5.41 Å². The Balaban J connectivity index is 1.96. The molecule has 3 nitrogen and oxygen atoms in total. The molecule has 1 saturated carbocycles. The Labute approximate surface area is 91.1 Å². The van der Waals surface area contributed by atoms with Crippen molar-refractivity contribution in [2.45, 2.75) is 45.1 Å². The van der Waals surface area contributed by atoms with Gasteiger partial charge in [-0.25, -0.2) is 0 Å². The summed E-state index contributed by atoms with van der Waals surface area (Å²) >= 11 is 0. The zero-order valence-electron chi connectivity index (χ0n) is 9.33. The largest absolute Gasteiger partial charge is 0.300 e. The highest BCUT2D eigenvalue weighted by molar-refractivity contribution is 5.79. The maximum absolute atomic E-state index is 11.4. The smallest absolute Gasteiger partial charge is 0.134 e. The van der Waals surface area contributed by atoms with Gasteiger partial charge in [0.2, 0.25) is 0 Å². The minimum Gasteiger partial charge on any atom is -0.300 e. The lowest BCUT2D eigenvalue weighted by atomic mass is 9.91. The first kappa shape index (κ1) is 10.6. The molecule has 0 N–H and O–H groups in total. The zero-order chi connectivity index (χ0) is 10.9. The SMILES string of the molecule is CC1(C#N)CCN(C2CCCC(=O)C2)C1. The van der Waals surface area contributed by atoms with E-state index in [2.05, 4.69) is 11.0 Å². The van der Waals surface area contributed by atoms with E-state index >= 15 is 0 Å². The summed E-state index contributed by atoms with van der Waals surface area (Å²) in [4.78, 5) is 13.7. The molecule has 0 aromatic rings. The van der Waals surface area contributed by atoms with E-state index in [9.17, 15) is 4.79 Å². The van der Waals surface area contributed by atoms with Crippen molar-refractivity contribution in [1.82, 2.24) is 4.90 Å². The fraction of sp³-hybridized carbons (Fsp3) is 0.833. The lowest BCUT2D eigenvalue weighted by Gasteiger charge is -2.30. The molecular weight excluding hydrogens is 188 g/mol. The fourth-order valence-corrected chi connectivity index (χ4v) is 2.71. The Morgan fingerprint density at radius 1 is 1.60 bits per heavy atom. The average Bonchev–Trinajstić information content (AvgIpc) is 2.62. The second-order valence-electron chi connectivity index (χ2n) is 5.18. The Morgan fingerprint density at radius 3 is 3.00 bits per heavy atom. The van der Waals surface area contributed by atoms with Gasteiger partial charge in [0.25, 0.3) is 0 Å². The van der Waals surface area contributed by atoms with Crippen LogP contribution in [0.1, 0.15) is 39.0 Å². The van der Waals surface area contributed by atoms with Crippen LogP contribution in [0.2, 0.25) is 0 Å². The first-order valence-electron chi connectivity index (χ1n) is 5.80. The number of likely N-dealkylation sites (tertiary alicyclic amines) is 1. The van der Waals surface area contributed by atoms with Gasteiger partial charge in [0, 0.05) is 32.0 Å². The van der Waals surface area contributed by atoms with Gasteiger partial charge in [0.15, 0.2) is 0 Å². The fourth-order valence-electron chi connectivity index (χ4n) is 2.71. The van der Waals surface area contributed by atoms with Crippen LogP contribution in [0.15, 0.2) is 0 Å². The summed E-state index contributed by atoms with van der Waals surface area (Å²) in [6.07, 6.45) is 4.59. The monoisotopic (exact) mass is 206 g/mol. The van der Waals surface area contributed by atoms with E-state index in [0.29, 0.717) is 18.2 Å². The van der Waals surface area contributed by atoms with E-state index in [-0.39, 0.29) is 5.41 Å². The average molecular weight is 206 g/mol. The molecular formula is C12H18N2O. The number of nitrogens with zero attached hydrogens (tertiary/aromatic N) is 2. The standard InChI is InChI=1S/C12H18N2O/c1-12(8-13)5-6-14(9-12)10-3-2-4-11(15)7-10/h10H,2-7,9H2,1H3. The molecule has 2 rings (SSSR count). The maximum Gasteiger partial charge on any atom is 0.134 e. The minimum atomic E-state index is -0.180. The summed E-state index contributed by atoms with van der Waals surface area (Å²) in [5.74, 6) is 0.400. The van der Waals surface area contributed by atoms with Crippen LogP contribution in [0.3, 0.4) is 0 Å². The first-order valence-corrected chi connectivity index (χ1v) is 5.80. The van der Waals surface area contributed by atoms with E-state index in [1.165, 1.54) is 0 Å². The van der Waals surface area contributed by atoms with Crippen LogP contribution in [0, 0.1) is 16.7 Å². The maximum atomic E-state index is 11.4. The van der Waals surface area contributed by atoms with Crippen LogP contribution in [-0.2, 0) is 4.79 Å². The molecule has 0 amide bonds. The van der Waals surface area contributed by atoms with Crippen molar-refractivity contribution in [2.75, 3.05) is 13.1 Å². The van der Waals surface area contributed by atoms with Crippen molar-refractivity contribution in [3.63, 3.8) is 0 Å². The van der Waals surface area contributed by atoms with Crippen LogP contribution in [0.4, 0.5) is 0 Å². The van der Waals surface area contributed by atoms with Crippen LogP contribution < -0.4 is 0 Å². The van der Waals surface area contributed by atoms with Crippen molar-refractivity contribution < 1.29 is 4.79 Å². The number of hydrogen-bond donors (Lipinski definition) is 0. The first-order chi connectivity index (χ1) is 7.13. The van der Waals surface area contributed by atoms with Gasteiger partial charge < -0.3 is 0 Å². The third-order valence-electron chi connectivity index (χ3n) is 3.75. The molecule has 82 valence electrons. The molecule has 1 heterocycles. The lowest BCUT2D eigenvalue weighted by molar-refractivity contribution is -0.121. The third-order valence-corrected chi connectivity index (χ3v) is 3.75. The number of carbonyl (C=O) groups is 1. The van der Waals surface area contributed by atoms with Crippen molar-refractivity contribution in [3.8, 4) is 6.07 Å². The summed E-state index contributed by atoms with van der Waals surface area (Å²) in [6, 6.07) is 2.81. The molecule has 1 aliphatic carbocycles. The summed E-state index contributed by atoms with van der Waals surface area (Å²) in [5.41, 5.74) is -0.180. The molecule has 0 radical (unpaired) electrons. The lowest BCUT2D eigenvalue weighted by Crippen LogP contribution is -2.38. The number of nitriles is 1. The summed E-state index contributed by atoms with van der Waals surface area (Å²) in [6.45, 7) is 3.86. The number of hydrogen-bond acceptors (Lipinski definition) is 3. The molecule has 15 heavy (non-hydrogen) atoms. The molecule has 0 spiro atoms. The van der Waals surface area contributed by atoms with Gasteiger partial charge in [-0.3, -0.25) is 9.69 Å². The highest BCUT2D eigenvalue weighted by atomic mass is 16.1. The molecule has 2 atom stereocenters. The topological polar surface area (TPSA) is 44.1 Å². The normalized spacial score (nSPS) is 37.9. The Hall–Kier alpha value is -0.880. The van der Waals surface area contributed by atoms with Gasteiger partial charge in [-0.1, -0.05) is 0 Å². The quantitative estimate of drug-likeness (QED) is 0.656. The Morgan fingerprint density at radius 2 is 2.40 bits per heavy atom. The minimum absolute atomic E-state index is 0.180. The van der Waals surface area contributed by atoms with Crippen molar-refractivity contribution >= 4 is 5.78 Å². The van der Waals surface area contributed by atoms with Gasteiger partial charge in [-0.2, -0.15) is 5.26 Å². The molecule has 2 aliphatic rings. The molecule has 1 aliphatic heterocycles. The highest BCUT2D eigenvalue weighted by Gasteiger charge is 2.38.